The van der Waals surface area contributed by atoms with Gasteiger partial charge in [0.25, 0.3) is 0 Å². The number of hydrogen-bond donors (Lipinski definition) is 1. The summed E-state index contributed by atoms with van der Waals surface area (Å²) >= 11 is 0. The first-order chi connectivity index (χ1) is 10.0. The smallest absolute Gasteiger partial charge is 0.0703 e. The predicted octanol–water partition coefficient (Wildman–Crippen LogP) is 3.27. The minimum absolute atomic E-state index is 0.186. The van der Waals surface area contributed by atoms with Crippen molar-refractivity contribution in [3.05, 3.63) is 17.0 Å². The molecule has 1 atom stereocenters. The van der Waals surface area contributed by atoms with Gasteiger partial charge in [0.1, 0.15) is 0 Å². The quantitative estimate of drug-likeness (QED) is 0.925. The summed E-state index contributed by atoms with van der Waals surface area (Å²) in [6.45, 7) is 10.5. The van der Waals surface area contributed by atoms with Gasteiger partial charge in [0.2, 0.25) is 0 Å². The zero-order valence-corrected chi connectivity index (χ0v) is 13.9. The van der Waals surface area contributed by atoms with Crippen molar-refractivity contribution in [1.29, 1.82) is 0 Å². The Kier molecular flexibility index (Phi) is 4.10. The van der Waals surface area contributed by atoms with E-state index in [4.69, 9.17) is 9.84 Å². The van der Waals surface area contributed by atoms with Crippen LogP contribution in [-0.4, -0.2) is 28.0 Å². The second-order valence-corrected chi connectivity index (χ2v) is 7.16. The summed E-state index contributed by atoms with van der Waals surface area (Å²) in [5.41, 5.74) is 4.07. The Hall–Kier alpha value is -0.870. The standard InChI is InChI=1S/C17H29N3O/c1-12(2)18-11-16-13(3)19-20(14(16)4)15-6-9-21-17(10-15)7-5-8-17/h12,15,18H,5-11H2,1-4H3. The number of ether oxygens (including phenoxy) is 1. The lowest BCUT2D eigenvalue weighted by Crippen LogP contribution is -2.46. The van der Waals surface area contributed by atoms with E-state index in [2.05, 4.69) is 37.7 Å². The third kappa shape index (κ3) is 2.88. The van der Waals surface area contributed by atoms with E-state index < -0.39 is 0 Å². The molecule has 1 unspecified atom stereocenters. The second-order valence-electron chi connectivity index (χ2n) is 7.16. The molecule has 1 N–H and O–H groups in total. The Balaban J connectivity index is 1.77. The molecular weight excluding hydrogens is 262 g/mol. The molecule has 1 saturated heterocycles. The van der Waals surface area contributed by atoms with Gasteiger partial charge in [0.15, 0.2) is 0 Å². The summed E-state index contributed by atoms with van der Waals surface area (Å²) in [5.74, 6) is 0. The molecule has 4 heteroatoms. The molecule has 2 fully saturated rings. The van der Waals surface area contributed by atoms with Crippen molar-refractivity contribution in [2.75, 3.05) is 6.61 Å². The lowest BCUT2D eigenvalue weighted by Gasteiger charge is -2.47. The molecular formula is C17H29N3O. The van der Waals surface area contributed by atoms with Crippen molar-refractivity contribution >= 4 is 0 Å². The highest BCUT2D eigenvalue weighted by atomic mass is 16.5. The molecule has 1 aromatic heterocycles. The maximum atomic E-state index is 6.06. The van der Waals surface area contributed by atoms with Gasteiger partial charge in [0.05, 0.1) is 17.3 Å². The first kappa shape index (κ1) is 15.0. The summed E-state index contributed by atoms with van der Waals surface area (Å²) in [6, 6.07) is 1.03. The number of hydrogen-bond acceptors (Lipinski definition) is 3. The molecule has 0 aromatic carbocycles. The fraction of sp³-hybridized carbons (Fsp3) is 0.824. The van der Waals surface area contributed by atoms with Crippen LogP contribution in [0.25, 0.3) is 0 Å². The van der Waals surface area contributed by atoms with Crippen LogP contribution in [-0.2, 0) is 11.3 Å². The monoisotopic (exact) mass is 291 g/mol. The molecule has 2 aliphatic rings. The molecule has 1 aliphatic heterocycles. The van der Waals surface area contributed by atoms with E-state index in [-0.39, 0.29) is 5.60 Å². The molecule has 3 rings (SSSR count). The summed E-state index contributed by atoms with van der Waals surface area (Å²) in [4.78, 5) is 0. The average Bonchev–Trinajstić information content (AvgIpc) is 2.70. The molecule has 4 nitrogen and oxygen atoms in total. The number of aromatic nitrogens is 2. The third-order valence-electron chi connectivity index (χ3n) is 5.24. The second kappa shape index (κ2) is 5.73. The molecule has 0 amide bonds. The molecule has 2 heterocycles. The number of nitrogens with zero attached hydrogens (tertiary/aromatic N) is 2. The molecule has 21 heavy (non-hydrogen) atoms. The van der Waals surface area contributed by atoms with E-state index >= 15 is 0 Å². The zero-order valence-electron chi connectivity index (χ0n) is 13.9. The molecule has 1 saturated carbocycles. The van der Waals surface area contributed by atoms with Crippen LogP contribution >= 0.6 is 0 Å². The van der Waals surface area contributed by atoms with Gasteiger partial charge in [-0.25, -0.2) is 0 Å². The number of aryl methyl sites for hydroxylation is 1. The van der Waals surface area contributed by atoms with Gasteiger partial charge < -0.3 is 10.1 Å². The van der Waals surface area contributed by atoms with E-state index in [0.29, 0.717) is 12.1 Å². The lowest BCUT2D eigenvalue weighted by atomic mass is 9.74. The van der Waals surface area contributed by atoms with Crippen LogP contribution < -0.4 is 5.32 Å². The van der Waals surface area contributed by atoms with Gasteiger partial charge in [-0.3, -0.25) is 4.68 Å². The summed E-state index contributed by atoms with van der Waals surface area (Å²) in [7, 11) is 0. The van der Waals surface area contributed by atoms with E-state index in [9.17, 15) is 0 Å². The summed E-state index contributed by atoms with van der Waals surface area (Å²) in [5, 5.41) is 8.38. The van der Waals surface area contributed by atoms with E-state index in [0.717, 1.165) is 26.0 Å². The average molecular weight is 291 g/mol. The summed E-state index contributed by atoms with van der Waals surface area (Å²) < 4.78 is 8.34. The van der Waals surface area contributed by atoms with Crippen molar-refractivity contribution in [2.45, 2.75) is 84.0 Å². The van der Waals surface area contributed by atoms with Crippen LogP contribution in [0.1, 0.15) is 68.9 Å². The minimum Gasteiger partial charge on any atom is -0.375 e. The van der Waals surface area contributed by atoms with Crippen molar-refractivity contribution < 1.29 is 4.74 Å². The third-order valence-corrected chi connectivity index (χ3v) is 5.24. The normalized spacial score (nSPS) is 24.5. The van der Waals surface area contributed by atoms with Crippen molar-refractivity contribution in [2.24, 2.45) is 0 Å². The minimum atomic E-state index is 0.186. The topological polar surface area (TPSA) is 39.1 Å². The van der Waals surface area contributed by atoms with Gasteiger partial charge in [-0.1, -0.05) is 13.8 Å². The fourth-order valence-corrected chi connectivity index (χ4v) is 3.74. The molecule has 118 valence electrons. The fourth-order valence-electron chi connectivity index (χ4n) is 3.74. The molecule has 0 bridgehead atoms. The number of rotatable bonds is 4. The van der Waals surface area contributed by atoms with Crippen LogP contribution in [0.2, 0.25) is 0 Å². The van der Waals surface area contributed by atoms with Gasteiger partial charge in [-0.15, -0.1) is 0 Å². The number of nitrogens with one attached hydrogen (secondary N) is 1. The van der Waals surface area contributed by atoms with Crippen LogP contribution in [0.3, 0.4) is 0 Å². The Morgan fingerprint density at radius 2 is 2.14 bits per heavy atom. The van der Waals surface area contributed by atoms with Crippen molar-refractivity contribution in [3.63, 3.8) is 0 Å². The first-order valence-electron chi connectivity index (χ1n) is 8.43. The van der Waals surface area contributed by atoms with Gasteiger partial charge >= 0.3 is 0 Å². The van der Waals surface area contributed by atoms with E-state index in [1.165, 1.54) is 36.2 Å². The Labute approximate surface area is 128 Å². The van der Waals surface area contributed by atoms with Crippen molar-refractivity contribution in [1.82, 2.24) is 15.1 Å². The van der Waals surface area contributed by atoms with Crippen LogP contribution in [0.5, 0.6) is 0 Å². The Morgan fingerprint density at radius 1 is 1.38 bits per heavy atom. The lowest BCUT2D eigenvalue weighted by molar-refractivity contribution is -0.141. The maximum absolute atomic E-state index is 6.06. The highest BCUT2D eigenvalue weighted by molar-refractivity contribution is 5.25. The van der Waals surface area contributed by atoms with Crippen molar-refractivity contribution in [3.8, 4) is 0 Å². The summed E-state index contributed by atoms with van der Waals surface area (Å²) in [6.07, 6.45) is 6.05. The predicted molar refractivity (Wildman–Crippen MR) is 84.5 cm³/mol. The van der Waals surface area contributed by atoms with E-state index in [1.807, 2.05) is 0 Å². The van der Waals surface area contributed by atoms with E-state index in [1.54, 1.807) is 0 Å². The Morgan fingerprint density at radius 3 is 2.76 bits per heavy atom. The molecule has 1 aliphatic carbocycles. The largest absolute Gasteiger partial charge is 0.375 e. The van der Waals surface area contributed by atoms with Gasteiger partial charge in [-0.05, 0) is 46.0 Å². The molecule has 1 aromatic rings. The molecule has 0 radical (unpaired) electrons. The maximum Gasteiger partial charge on any atom is 0.0703 e. The van der Waals surface area contributed by atoms with Crippen LogP contribution in [0, 0.1) is 13.8 Å². The van der Waals surface area contributed by atoms with Crippen LogP contribution in [0.4, 0.5) is 0 Å². The Bertz CT molecular complexity index is 502. The zero-order chi connectivity index (χ0) is 15.0. The highest BCUT2D eigenvalue weighted by Gasteiger charge is 2.43. The first-order valence-corrected chi connectivity index (χ1v) is 8.43. The van der Waals surface area contributed by atoms with Crippen LogP contribution in [0.15, 0.2) is 0 Å². The molecule has 1 spiro atoms. The highest BCUT2D eigenvalue weighted by Crippen LogP contribution is 2.45. The SMILES string of the molecule is Cc1nn(C2CCOC3(CCC3)C2)c(C)c1CNC(C)C. The van der Waals surface area contributed by atoms with Gasteiger partial charge in [0, 0.05) is 30.5 Å². The van der Waals surface area contributed by atoms with Gasteiger partial charge in [-0.2, -0.15) is 5.10 Å².